The standard InChI is InChI=1S/C10H16N5O4P/c1-7(19-6-20(16,17)18)3-15-5-14-8-9(11-2)12-4-13-10(8)15/h4-5,7H,3,6H2,1-2H3,(H,11,12,13)(H2,16,17,18)/t7-/m1/s1. The van der Waals surface area contributed by atoms with Gasteiger partial charge in [0.25, 0.3) is 0 Å². The summed E-state index contributed by atoms with van der Waals surface area (Å²) >= 11 is 0. The molecule has 0 bridgehead atoms. The second-order valence-corrected chi connectivity index (χ2v) is 5.90. The van der Waals surface area contributed by atoms with Crippen molar-refractivity contribution >= 4 is 24.6 Å². The van der Waals surface area contributed by atoms with Crippen molar-refractivity contribution in [2.75, 3.05) is 18.7 Å². The fourth-order valence-corrected chi connectivity index (χ4v) is 2.20. The molecule has 9 nitrogen and oxygen atoms in total. The van der Waals surface area contributed by atoms with Gasteiger partial charge in [0.1, 0.15) is 18.2 Å². The van der Waals surface area contributed by atoms with E-state index in [2.05, 4.69) is 20.3 Å². The van der Waals surface area contributed by atoms with Crippen molar-refractivity contribution in [1.29, 1.82) is 0 Å². The number of ether oxygens (including phenoxy) is 1. The maximum Gasteiger partial charge on any atom is 0.350 e. The Morgan fingerprint density at radius 1 is 1.45 bits per heavy atom. The summed E-state index contributed by atoms with van der Waals surface area (Å²) in [5, 5.41) is 2.92. The summed E-state index contributed by atoms with van der Waals surface area (Å²) in [6.07, 6.45) is 2.04. The van der Waals surface area contributed by atoms with Gasteiger partial charge in [-0.3, -0.25) is 4.57 Å². The van der Waals surface area contributed by atoms with E-state index in [4.69, 9.17) is 14.5 Å². The molecule has 0 saturated carbocycles. The van der Waals surface area contributed by atoms with Crippen LogP contribution in [0, 0.1) is 0 Å². The van der Waals surface area contributed by atoms with Crippen molar-refractivity contribution < 1.29 is 19.1 Å². The predicted octanol–water partition coefficient (Wildman–Crippen LogP) is 0.408. The lowest BCUT2D eigenvalue weighted by molar-refractivity contribution is 0.0764. The molecule has 2 rings (SSSR count). The Kier molecular flexibility index (Phi) is 4.34. The summed E-state index contributed by atoms with van der Waals surface area (Å²) in [6.45, 7) is 2.11. The van der Waals surface area contributed by atoms with Crippen molar-refractivity contribution in [3.05, 3.63) is 12.7 Å². The fourth-order valence-electron chi connectivity index (χ4n) is 1.75. The summed E-state index contributed by atoms with van der Waals surface area (Å²) in [5.74, 6) is 0.623. The van der Waals surface area contributed by atoms with E-state index in [0.29, 0.717) is 23.5 Å². The van der Waals surface area contributed by atoms with Gasteiger partial charge in [0.15, 0.2) is 11.5 Å². The monoisotopic (exact) mass is 301 g/mol. The van der Waals surface area contributed by atoms with Crippen LogP contribution in [-0.4, -0.2) is 48.8 Å². The SMILES string of the molecule is CNc1ncnc2c1ncn2C[C@@H](C)OCP(=O)(O)O. The van der Waals surface area contributed by atoms with E-state index in [0.717, 1.165) is 0 Å². The lowest BCUT2D eigenvalue weighted by atomic mass is 10.4. The molecule has 110 valence electrons. The third-order valence-electron chi connectivity index (χ3n) is 2.62. The van der Waals surface area contributed by atoms with E-state index in [-0.39, 0.29) is 6.10 Å². The van der Waals surface area contributed by atoms with Crippen LogP contribution in [0.25, 0.3) is 11.2 Å². The average Bonchev–Trinajstić information content (AvgIpc) is 2.79. The molecule has 1 atom stereocenters. The van der Waals surface area contributed by atoms with Gasteiger partial charge in [0, 0.05) is 7.05 Å². The first kappa shape index (κ1) is 14.9. The first-order valence-corrected chi connectivity index (χ1v) is 7.70. The van der Waals surface area contributed by atoms with Crippen LogP contribution in [0.3, 0.4) is 0 Å². The second kappa shape index (κ2) is 5.84. The van der Waals surface area contributed by atoms with Crippen molar-refractivity contribution in [2.24, 2.45) is 0 Å². The van der Waals surface area contributed by atoms with Crippen LogP contribution in [-0.2, 0) is 15.8 Å². The molecule has 0 unspecified atom stereocenters. The molecule has 2 heterocycles. The molecule has 10 heteroatoms. The summed E-state index contributed by atoms with van der Waals surface area (Å²) in [7, 11) is -2.41. The minimum atomic E-state index is -4.15. The van der Waals surface area contributed by atoms with Gasteiger partial charge >= 0.3 is 7.60 Å². The highest BCUT2D eigenvalue weighted by Crippen LogP contribution is 2.34. The van der Waals surface area contributed by atoms with E-state index < -0.39 is 13.9 Å². The fraction of sp³-hybridized carbons (Fsp3) is 0.500. The topological polar surface area (TPSA) is 122 Å². The van der Waals surface area contributed by atoms with Crippen molar-refractivity contribution in [1.82, 2.24) is 19.5 Å². The number of rotatable bonds is 6. The Morgan fingerprint density at radius 3 is 2.85 bits per heavy atom. The van der Waals surface area contributed by atoms with Gasteiger partial charge in [0.05, 0.1) is 19.0 Å². The Bertz CT molecular complexity index is 640. The minimum Gasteiger partial charge on any atom is -0.371 e. The third-order valence-corrected chi connectivity index (χ3v) is 3.10. The molecular formula is C10H16N5O4P. The van der Waals surface area contributed by atoms with E-state index in [1.54, 1.807) is 24.9 Å². The maximum absolute atomic E-state index is 10.8. The molecule has 0 aromatic carbocycles. The van der Waals surface area contributed by atoms with E-state index in [9.17, 15) is 4.57 Å². The van der Waals surface area contributed by atoms with E-state index in [1.165, 1.54) is 6.33 Å². The number of imidazole rings is 1. The first-order valence-electron chi connectivity index (χ1n) is 5.90. The molecule has 0 spiro atoms. The number of anilines is 1. The van der Waals surface area contributed by atoms with Gasteiger partial charge in [-0.25, -0.2) is 15.0 Å². The Hall–Kier alpha value is -1.54. The number of aromatic nitrogens is 4. The van der Waals surface area contributed by atoms with Gasteiger partial charge in [-0.1, -0.05) is 0 Å². The number of hydrogen-bond donors (Lipinski definition) is 3. The molecule has 2 aromatic rings. The zero-order chi connectivity index (χ0) is 14.8. The quantitative estimate of drug-likeness (QED) is 0.656. The van der Waals surface area contributed by atoms with Crippen molar-refractivity contribution in [3.63, 3.8) is 0 Å². The average molecular weight is 301 g/mol. The maximum atomic E-state index is 10.8. The van der Waals surface area contributed by atoms with Gasteiger partial charge < -0.3 is 24.4 Å². The van der Waals surface area contributed by atoms with Gasteiger partial charge in [-0.05, 0) is 6.92 Å². The molecule has 0 radical (unpaired) electrons. The lowest BCUT2D eigenvalue weighted by Gasteiger charge is -2.14. The van der Waals surface area contributed by atoms with Crippen LogP contribution < -0.4 is 5.32 Å². The van der Waals surface area contributed by atoms with Gasteiger partial charge in [0.2, 0.25) is 0 Å². The Morgan fingerprint density at radius 2 is 2.20 bits per heavy atom. The number of fused-ring (bicyclic) bond motifs is 1. The molecule has 0 fully saturated rings. The van der Waals surface area contributed by atoms with Crippen LogP contribution >= 0.6 is 7.60 Å². The molecule has 0 aliphatic heterocycles. The molecule has 2 aromatic heterocycles. The highest BCUT2D eigenvalue weighted by atomic mass is 31.2. The van der Waals surface area contributed by atoms with Gasteiger partial charge in [-0.2, -0.15) is 0 Å². The van der Waals surface area contributed by atoms with E-state index in [1.807, 2.05) is 0 Å². The summed E-state index contributed by atoms with van der Waals surface area (Å²) in [5.41, 5.74) is 1.27. The van der Waals surface area contributed by atoms with Crippen LogP contribution in [0.2, 0.25) is 0 Å². The molecule has 0 saturated heterocycles. The van der Waals surface area contributed by atoms with Crippen molar-refractivity contribution in [2.45, 2.75) is 19.6 Å². The molecule has 20 heavy (non-hydrogen) atoms. The zero-order valence-electron chi connectivity index (χ0n) is 11.1. The molecule has 0 aliphatic rings. The van der Waals surface area contributed by atoms with Crippen LogP contribution in [0.5, 0.6) is 0 Å². The highest BCUT2D eigenvalue weighted by Gasteiger charge is 2.17. The Labute approximate surface area is 115 Å². The first-order chi connectivity index (χ1) is 9.40. The van der Waals surface area contributed by atoms with E-state index >= 15 is 0 Å². The van der Waals surface area contributed by atoms with Gasteiger partial charge in [-0.15, -0.1) is 0 Å². The molecular weight excluding hydrogens is 285 g/mol. The predicted molar refractivity (Wildman–Crippen MR) is 72.3 cm³/mol. The molecule has 0 amide bonds. The number of hydrogen-bond acceptors (Lipinski definition) is 6. The second-order valence-electron chi connectivity index (χ2n) is 4.31. The number of nitrogens with one attached hydrogen (secondary N) is 1. The van der Waals surface area contributed by atoms with Crippen LogP contribution in [0.15, 0.2) is 12.7 Å². The Balaban J connectivity index is 2.12. The molecule has 0 aliphatic carbocycles. The van der Waals surface area contributed by atoms with Crippen LogP contribution in [0.4, 0.5) is 5.82 Å². The zero-order valence-corrected chi connectivity index (χ0v) is 12.0. The highest BCUT2D eigenvalue weighted by molar-refractivity contribution is 7.51. The lowest BCUT2D eigenvalue weighted by Crippen LogP contribution is -2.17. The smallest absolute Gasteiger partial charge is 0.350 e. The minimum absolute atomic E-state index is 0.381. The molecule has 3 N–H and O–H groups in total. The summed E-state index contributed by atoms with van der Waals surface area (Å²) in [6, 6.07) is 0. The normalized spacial score (nSPS) is 13.6. The van der Waals surface area contributed by atoms with Crippen molar-refractivity contribution in [3.8, 4) is 0 Å². The largest absolute Gasteiger partial charge is 0.371 e. The van der Waals surface area contributed by atoms with Crippen LogP contribution in [0.1, 0.15) is 6.92 Å². The summed E-state index contributed by atoms with van der Waals surface area (Å²) < 4.78 is 17.6. The number of nitrogens with zero attached hydrogens (tertiary/aromatic N) is 4. The third kappa shape index (κ3) is 3.51. The summed E-state index contributed by atoms with van der Waals surface area (Å²) in [4.78, 5) is 30.0.